The number of rotatable bonds is 8. The van der Waals surface area contributed by atoms with Crippen LogP contribution in [0.25, 0.3) is 0 Å². The van der Waals surface area contributed by atoms with E-state index in [9.17, 15) is 4.79 Å². The summed E-state index contributed by atoms with van der Waals surface area (Å²) in [5.41, 5.74) is 3.65. The van der Waals surface area contributed by atoms with Gasteiger partial charge < -0.3 is 15.5 Å². The molecule has 1 aliphatic rings. The second kappa shape index (κ2) is 12.0. The summed E-state index contributed by atoms with van der Waals surface area (Å²) in [4.78, 5) is 15.3. The monoisotopic (exact) mass is 452 g/mol. The number of piperidine rings is 1. The maximum atomic E-state index is 12.8. The Hall–Kier alpha value is -3.62. The van der Waals surface area contributed by atoms with Crippen LogP contribution in [-0.2, 0) is 6.42 Å². The van der Waals surface area contributed by atoms with Gasteiger partial charge in [-0.25, -0.2) is 4.79 Å². The maximum Gasteiger partial charge on any atom is 0.319 e. The van der Waals surface area contributed by atoms with E-state index in [0.717, 1.165) is 38.0 Å². The van der Waals surface area contributed by atoms with Crippen molar-refractivity contribution < 1.29 is 4.79 Å². The number of anilines is 1. The second-order valence-corrected chi connectivity index (χ2v) is 9.04. The molecule has 1 heterocycles. The van der Waals surface area contributed by atoms with Crippen molar-refractivity contribution in [2.45, 2.75) is 31.7 Å². The molecular formula is C29H32N4O. The van der Waals surface area contributed by atoms with E-state index in [1.807, 2.05) is 18.2 Å². The van der Waals surface area contributed by atoms with Gasteiger partial charge in [-0.3, -0.25) is 0 Å². The molecule has 0 bridgehead atoms. The molecule has 5 nitrogen and oxygen atoms in total. The Labute approximate surface area is 202 Å². The summed E-state index contributed by atoms with van der Waals surface area (Å²) < 4.78 is 0. The summed E-state index contributed by atoms with van der Waals surface area (Å²) >= 11 is 0. The van der Waals surface area contributed by atoms with Gasteiger partial charge in [0.1, 0.15) is 0 Å². The molecule has 0 aromatic heterocycles. The molecule has 2 amide bonds. The zero-order valence-electron chi connectivity index (χ0n) is 19.5. The fourth-order valence-electron chi connectivity index (χ4n) is 4.78. The topological polar surface area (TPSA) is 68.2 Å². The van der Waals surface area contributed by atoms with Crippen LogP contribution in [0.5, 0.6) is 0 Å². The predicted molar refractivity (Wildman–Crippen MR) is 136 cm³/mol. The first kappa shape index (κ1) is 23.5. The highest BCUT2D eigenvalue weighted by Gasteiger charge is 2.22. The first-order valence-electron chi connectivity index (χ1n) is 12.1. The van der Waals surface area contributed by atoms with Crippen LogP contribution in [0.1, 0.15) is 42.0 Å². The van der Waals surface area contributed by atoms with Crippen LogP contribution in [0, 0.1) is 17.2 Å². The van der Waals surface area contributed by atoms with Crippen molar-refractivity contribution in [1.29, 1.82) is 5.26 Å². The molecular weight excluding hydrogens is 420 g/mol. The third kappa shape index (κ3) is 6.94. The zero-order valence-corrected chi connectivity index (χ0v) is 19.5. The summed E-state index contributed by atoms with van der Waals surface area (Å²) in [5.74, 6) is 0.676. The average Bonchev–Trinajstić information content (AvgIpc) is 2.88. The number of amides is 2. The van der Waals surface area contributed by atoms with Crippen LogP contribution < -0.4 is 10.6 Å². The molecule has 34 heavy (non-hydrogen) atoms. The average molecular weight is 453 g/mol. The van der Waals surface area contributed by atoms with Crippen LogP contribution in [-0.4, -0.2) is 30.6 Å². The lowest BCUT2D eigenvalue weighted by molar-refractivity contribution is 0.167. The lowest BCUT2D eigenvalue weighted by Gasteiger charge is -2.34. The van der Waals surface area contributed by atoms with Crippen molar-refractivity contribution in [1.82, 2.24) is 10.2 Å². The minimum atomic E-state index is -0.260. The van der Waals surface area contributed by atoms with Gasteiger partial charge in [-0.1, -0.05) is 66.7 Å². The van der Waals surface area contributed by atoms with Crippen LogP contribution in [0.2, 0.25) is 0 Å². The molecule has 1 fully saturated rings. The highest BCUT2D eigenvalue weighted by Crippen LogP contribution is 2.23. The molecule has 2 unspecified atom stereocenters. The first-order valence-corrected chi connectivity index (χ1v) is 12.1. The SMILES string of the molecule is N#Cc1cccc(NC(=O)NC(CCN2CCCC(Cc3ccccc3)C2)c2ccccc2)c1. The number of hydrogen-bond acceptors (Lipinski definition) is 3. The van der Waals surface area contributed by atoms with Crippen molar-refractivity contribution in [3.8, 4) is 6.07 Å². The Bertz CT molecular complexity index is 1090. The van der Waals surface area contributed by atoms with E-state index in [0.29, 0.717) is 17.2 Å². The van der Waals surface area contributed by atoms with E-state index in [2.05, 4.69) is 64.1 Å². The standard InChI is InChI=1S/C29H32N4O/c30-21-24-11-7-15-27(20-24)31-29(34)32-28(26-13-5-2-6-14-26)16-18-33-17-8-12-25(22-33)19-23-9-3-1-4-10-23/h1-7,9-11,13-15,20,25,28H,8,12,16-19,22H2,(H2,31,32,34). The molecule has 2 N–H and O–H groups in total. The lowest BCUT2D eigenvalue weighted by Crippen LogP contribution is -2.39. The molecule has 0 radical (unpaired) electrons. The van der Waals surface area contributed by atoms with Gasteiger partial charge in [-0.2, -0.15) is 5.26 Å². The zero-order chi connectivity index (χ0) is 23.6. The molecule has 1 aliphatic heterocycles. The molecule has 4 rings (SSSR count). The predicted octanol–water partition coefficient (Wildman–Crippen LogP) is 5.77. The lowest BCUT2D eigenvalue weighted by atomic mass is 9.91. The summed E-state index contributed by atoms with van der Waals surface area (Å²) in [6.07, 6.45) is 4.46. The fourth-order valence-corrected chi connectivity index (χ4v) is 4.78. The maximum absolute atomic E-state index is 12.8. The van der Waals surface area contributed by atoms with Gasteiger partial charge in [0, 0.05) is 18.8 Å². The van der Waals surface area contributed by atoms with Gasteiger partial charge in [0.15, 0.2) is 0 Å². The number of nitriles is 1. The Morgan fingerprint density at radius 2 is 1.79 bits per heavy atom. The number of nitrogens with one attached hydrogen (secondary N) is 2. The Morgan fingerprint density at radius 1 is 1.03 bits per heavy atom. The Kier molecular flexibility index (Phi) is 8.32. The fraction of sp³-hybridized carbons (Fsp3) is 0.310. The molecule has 5 heteroatoms. The number of urea groups is 1. The number of carbonyl (C=O) groups is 1. The molecule has 2 atom stereocenters. The van der Waals surface area contributed by atoms with Gasteiger partial charge in [0.2, 0.25) is 0 Å². The highest BCUT2D eigenvalue weighted by molar-refractivity contribution is 5.89. The number of likely N-dealkylation sites (tertiary alicyclic amines) is 1. The minimum absolute atomic E-state index is 0.0881. The normalized spacial score (nSPS) is 16.9. The van der Waals surface area contributed by atoms with Gasteiger partial charge in [-0.05, 0) is 67.5 Å². The van der Waals surface area contributed by atoms with Crippen molar-refractivity contribution in [2.75, 3.05) is 25.0 Å². The van der Waals surface area contributed by atoms with Gasteiger partial charge in [0.25, 0.3) is 0 Å². The summed E-state index contributed by atoms with van der Waals surface area (Å²) in [6, 6.07) is 29.6. The second-order valence-electron chi connectivity index (χ2n) is 9.04. The van der Waals surface area contributed by atoms with Gasteiger partial charge >= 0.3 is 6.03 Å². The molecule has 3 aromatic carbocycles. The van der Waals surface area contributed by atoms with Gasteiger partial charge in [-0.15, -0.1) is 0 Å². The van der Waals surface area contributed by atoms with Crippen LogP contribution in [0.15, 0.2) is 84.9 Å². The van der Waals surface area contributed by atoms with Crippen molar-refractivity contribution in [2.24, 2.45) is 5.92 Å². The van der Waals surface area contributed by atoms with Gasteiger partial charge in [0.05, 0.1) is 17.7 Å². The summed E-state index contributed by atoms with van der Waals surface area (Å²) in [5, 5.41) is 15.1. The van der Waals surface area contributed by atoms with Crippen molar-refractivity contribution >= 4 is 11.7 Å². The first-order chi connectivity index (χ1) is 16.7. The molecule has 3 aromatic rings. The third-order valence-electron chi connectivity index (χ3n) is 6.46. The van der Waals surface area contributed by atoms with E-state index in [-0.39, 0.29) is 12.1 Å². The smallest absolute Gasteiger partial charge is 0.319 e. The highest BCUT2D eigenvalue weighted by atomic mass is 16.2. The molecule has 174 valence electrons. The Balaban J connectivity index is 1.35. The summed E-state index contributed by atoms with van der Waals surface area (Å²) in [7, 11) is 0. The number of carbonyl (C=O) groups excluding carboxylic acids is 1. The molecule has 0 saturated carbocycles. The molecule has 0 spiro atoms. The Morgan fingerprint density at radius 3 is 2.56 bits per heavy atom. The van der Waals surface area contributed by atoms with Crippen LogP contribution >= 0.6 is 0 Å². The minimum Gasteiger partial charge on any atom is -0.331 e. The number of benzene rings is 3. The number of nitrogens with zero attached hydrogens (tertiary/aromatic N) is 2. The summed E-state index contributed by atoms with van der Waals surface area (Å²) in [6.45, 7) is 3.15. The van der Waals surface area contributed by atoms with E-state index in [1.165, 1.54) is 18.4 Å². The molecule has 0 aliphatic carbocycles. The van der Waals surface area contributed by atoms with E-state index in [4.69, 9.17) is 5.26 Å². The molecule has 1 saturated heterocycles. The largest absolute Gasteiger partial charge is 0.331 e. The van der Waals surface area contributed by atoms with Crippen molar-refractivity contribution in [3.63, 3.8) is 0 Å². The van der Waals surface area contributed by atoms with Crippen molar-refractivity contribution in [3.05, 3.63) is 102 Å². The quantitative estimate of drug-likeness (QED) is 0.456. The number of hydrogen-bond donors (Lipinski definition) is 2. The van der Waals surface area contributed by atoms with Crippen LogP contribution in [0.4, 0.5) is 10.5 Å². The van der Waals surface area contributed by atoms with E-state index < -0.39 is 0 Å². The van der Waals surface area contributed by atoms with Crippen LogP contribution in [0.3, 0.4) is 0 Å². The van der Waals surface area contributed by atoms with E-state index >= 15 is 0 Å². The third-order valence-corrected chi connectivity index (χ3v) is 6.46. The van der Waals surface area contributed by atoms with E-state index in [1.54, 1.807) is 24.3 Å².